The number of hydrogen-bond acceptors (Lipinski definition) is 3. The standard InChI is InChI=1S/C9H7F2NS2/c1-5-2-3-6-7(4-5)13-9(12-6)14-8(10)11/h2-4,8H,1H3. The van der Waals surface area contributed by atoms with E-state index in [4.69, 9.17) is 0 Å². The number of benzene rings is 1. The lowest BCUT2D eigenvalue weighted by molar-refractivity contribution is 0.252. The lowest BCUT2D eigenvalue weighted by Gasteiger charge is -1.90. The highest BCUT2D eigenvalue weighted by Crippen LogP contribution is 2.33. The van der Waals surface area contributed by atoms with Crippen LogP contribution in [0.4, 0.5) is 8.78 Å². The fourth-order valence-corrected chi connectivity index (χ4v) is 2.92. The van der Waals surface area contributed by atoms with Crippen LogP contribution in [0.15, 0.2) is 22.5 Å². The van der Waals surface area contributed by atoms with Crippen molar-refractivity contribution in [2.45, 2.75) is 17.0 Å². The van der Waals surface area contributed by atoms with Gasteiger partial charge in [0.05, 0.1) is 10.2 Å². The lowest BCUT2D eigenvalue weighted by atomic mass is 10.2. The molecule has 0 N–H and O–H groups in total. The minimum absolute atomic E-state index is 0.431. The number of nitrogens with zero attached hydrogens (tertiary/aromatic N) is 1. The van der Waals surface area contributed by atoms with Crippen molar-refractivity contribution in [2.75, 3.05) is 0 Å². The molecule has 0 aliphatic heterocycles. The van der Waals surface area contributed by atoms with E-state index in [2.05, 4.69) is 4.98 Å². The Balaban J connectivity index is 2.41. The van der Waals surface area contributed by atoms with Gasteiger partial charge in [0.2, 0.25) is 0 Å². The molecule has 1 nitrogen and oxygen atoms in total. The fraction of sp³-hybridized carbons (Fsp3) is 0.222. The van der Waals surface area contributed by atoms with Gasteiger partial charge in [-0.15, -0.1) is 11.3 Å². The molecule has 1 aromatic carbocycles. The van der Waals surface area contributed by atoms with Crippen LogP contribution >= 0.6 is 23.1 Å². The summed E-state index contributed by atoms with van der Waals surface area (Å²) in [6, 6.07) is 5.75. The predicted octanol–water partition coefficient (Wildman–Crippen LogP) is 3.92. The first-order chi connectivity index (χ1) is 6.65. The second-order valence-corrected chi connectivity index (χ2v) is 5.10. The van der Waals surface area contributed by atoms with Gasteiger partial charge in [-0.3, -0.25) is 0 Å². The average molecular weight is 231 g/mol. The normalized spacial score (nSPS) is 11.4. The van der Waals surface area contributed by atoms with E-state index in [1.807, 2.05) is 25.1 Å². The monoisotopic (exact) mass is 231 g/mol. The smallest absolute Gasteiger partial charge is 0.229 e. The number of thioether (sulfide) groups is 1. The highest BCUT2D eigenvalue weighted by atomic mass is 32.2. The molecule has 0 aliphatic rings. The van der Waals surface area contributed by atoms with Crippen molar-refractivity contribution in [3.05, 3.63) is 23.8 Å². The van der Waals surface area contributed by atoms with Crippen molar-refractivity contribution in [3.63, 3.8) is 0 Å². The molecule has 5 heteroatoms. The summed E-state index contributed by atoms with van der Waals surface area (Å²) in [5.41, 5.74) is 1.92. The van der Waals surface area contributed by atoms with E-state index in [1.165, 1.54) is 11.3 Å². The van der Waals surface area contributed by atoms with Gasteiger partial charge in [-0.1, -0.05) is 6.07 Å². The largest absolute Gasteiger partial charge is 0.291 e. The van der Waals surface area contributed by atoms with Gasteiger partial charge in [-0.05, 0) is 36.4 Å². The van der Waals surface area contributed by atoms with Crippen LogP contribution in [-0.2, 0) is 0 Å². The van der Waals surface area contributed by atoms with Crippen LogP contribution in [0.2, 0.25) is 0 Å². The van der Waals surface area contributed by atoms with Gasteiger partial charge in [-0.25, -0.2) is 4.98 Å². The molecular weight excluding hydrogens is 224 g/mol. The average Bonchev–Trinajstić information content (AvgIpc) is 2.44. The van der Waals surface area contributed by atoms with Gasteiger partial charge in [0.1, 0.15) is 0 Å². The third kappa shape index (κ3) is 2.04. The number of rotatable bonds is 2. The van der Waals surface area contributed by atoms with Gasteiger partial charge in [0.25, 0.3) is 5.76 Å². The van der Waals surface area contributed by atoms with Gasteiger partial charge >= 0.3 is 0 Å². The third-order valence-corrected chi connectivity index (χ3v) is 3.54. The first kappa shape index (κ1) is 9.86. The number of alkyl halides is 2. The van der Waals surface area contributed by atoms with Crippen LogP contribution in [0.3, 0.4) is 0 Å². The van der Waals surface area contributed by atoms with Crippen molar-refractivity contribution in [1.29, 1.82) is 0 Å². The molecule has 1 heterocycles. The molecule has 0 saturated carbocycles. The van der Waals surface area contributed by atoms with Crippen molar-refractivity contribution in [1.82, 2.24) is 4.98 Å². The molecule has 2 aromatic rings. The Morgan fingerprint density at radius 1 is 1.43 bits per heavy atom. The van der Waals surface area contributed by atoms with Crippen LogP contribution in [0.25, 0.3) is 10.2 Å². The summed E-state index contributed by atoms with van der Waals surface area (Å²) >= 11 is 1.82. The molecule has 1 aromatic heterocycles. The molecule has 0 unspecified atom stereocenters. The Kier molecular flexibility index (Phi) is 2.69. The SMILES string of the molecule is Cc1ccc2nc(SC(F)F)sc2c1. The maximum atomic E-state index is 12.1. The van der Waals surface area contributed by atoms with E-state index in [9.17, 15) is 8.78 Å². The number of aryl methyl sites for hydroxylation is 1. The van der Waals surface area contributed by atoms with Crippen molar-refractivity contribution < 1.29 is 8.78 Å². The first-order valence-electron chi connectivity index (χ1n) is 3.97. The van der Waals surface area contributed by atoms with E-state index < -0.39 is 5.76 Å². The maximum Gasteiger partial charge on any atom is 0.291 e. The van der Waals surface area contributed by atoms with Gasteiger partial charge in [0, 0.05) is 0 Å². The molecular formula is C9H7F2NS2. The zero-order chi connectivity index (χ0) is 10.1. The van der Waals surface area contributed by atoms with E-state index in [-0.39, 0.29) is 0 Å². The lowest BCUT2D eigenvalue weighted by Crippen LogP contribution is -1.78. The Hall–Kier alpha value is -0.680. The quantitative estimate of drug-likeness (QED) is 0.726. The third-order valence-electron chi connectivity index (χ3n) is 1.71. The van der Waals surface area contributed by atoms with Crippen LogP contribution in [0.1, 0.15) is 5.56 Å². The molecule has 14 heavy (non-hydrogen) atoms. The zero-order valence-corrected chi connectivity index (χ0v) is 8.96. The molecule has 0 bridgehead atoms. The second kappa shape index (κ2) is 3.82. The molecule has 0 amide bonds. The van der Waals surface area contributed by atoms with Crippen molar-refractivity contribution in [3.8, 4) is 0 Å². The Morgan fingerprint density at radius 3 is 2.93 bits per heavy atom. The summed E-state index contributed by atoms with van der Waals surface area (Å²) in [6.07, 6.45) is 0. The number of aromatic nitrogens is 1. The van der Waals surface area contributed by atoms with E-state index >= 15 is 0 Å². The highest BCUT2D eigenvalue weighted by molar-refractivity contribution is 8.01. The Labute approximate surface area is 88.2 Å². The van der Waals surface area contributed by atoms with Gasteiger partial charge < -0.3 is 0 Å². The van der Waals surface area contributed by atoms with Crippen molar-refractivity contribution in [2.24, 2.45) is 0 Å². The first-order valence-corrected chi connectivity index (χ1v) is 5.67. The summed E-state index contributed by atoms with van der Waals surface area (Å²) in [5, 5.41) is 0. The van der Waals surface area contributed by atoms with Crippen LogP contribution in [0, 0.1) is 6.92 Å². The van der Waals surface area contributed by atoms with Crippen LogP contribution < -0.4 is 0 Å². The molecule has 74 valence electrons. The Bertz CT molecular complexity index is 453. The minimum atomic E-state index is -2.39. The van der Waals surface area contributed by atoms with E-state index in [1.54, 1.807) is 0 Å². The summed E-state index contributed by atoms with van der Waals surface area (Å²) < 4.78 is 25.5. The summed E-state index contributed by atoms with van der Waals surface area (Å²) in [5.74, 6) is -2.39. The number of fused-ring (bicyclic) bond motifs is 1. The van der Waals surface area contributed by atoms with Crippen molar-refractivity contribution >= 4 is 33.3 Å². The molecule has 0 radical (unpaired) electrons. The molecule has 0 saturated heterocycles. The number of hydrogen-bond donors (Lipinski definition) is 0. The number of thiazole rings is 1. The van der Waals surface area contributed by atoms with Crippen LogP contribution in [-0.4, -0.2) is 10.7 Å². The van der Waals surface area contributed by atoms with E-state index in [0.29, 0.717) is 16.1 Å². The highest BCUT2D eigenvalue weighted by Gasteiger charge is 2.10. The predicted molar refractivity (Wildman–Crippen MR) is 56.2 cm³/mol. The van der Waals surface area contributed by atoms with Gasteiger partial charge in [0.15, 0.2) is 4.34 Å². The fourth-order valence-electron chi connectivity index (χ4n) is 1.14. The zero-order valence-electron chi connectivity index (χ0n) is 7.33. The minimum Gasteiger partial charge on any atom is -0.229 e. The summed E-state index contributed by atoms with van der Waals surface area (Å²) in [7, 11) is 0. The van der Waals surface area contributed by atoms with Gasteiger partial charge in [-0.2, -0.15) is 8.78 Å². The topological polar surface area (TPSA) is 12.9 Å². The second-order valence-electron chi connectivity index (χ2n) is 2.83. The van der Waals surface area contributed by atoms with Crippen LogP contribution in [0.5, 0.6) is 0 Å². The molecule has 0 spiro atoms. The molecule has 0 fully saturated rings. The molecule has 2 rings (SSSR count). The molecule has 0 aliphatic carbocycles. The maximum absolute atomic E-state index is 12.1. The number of halogens is 2. The molecule has 0 atom stereocenters. The summed E-state index contributed by atoms with van der Waals surface area (Å²) in [4.78, 5) is 4.10. The summed E-state index contributed by atoms with van der Waals surface area (Å²) in [6.45, 7) is 1.97. The van der Waals surface area contributed by atoms with E-state index in [0.717, 1.165) is 15.8 Å². The Morgan fingerprint density at radius 2 is 2.21 bits per heavy atom.